The number of ether oxygens (including phenoxy) is 1. The van der Waals surface area contributed by atoms with E-state index in [-0.39, 0.29) is 6.04 Å². The molecule has 0 aliphatic carbocycles. The van der Waals surface area contributed by atoms with Gasteiger partial charge in [-0.3, -0.25) is 0 Å². The van der Waals surface area contributed by atoms with Crippen LogP contribution in [0.1, 0.15) is 51.1 Å². The number of benzene rings is 1. The van der Waals surface area contributed by atoms with Crippen molar-refractivity contribution in [2.45, 2.75) is 45.6 Å². The first-order chi connectivity index (χ1) is 8.15. The van der Waals surface area contributed by atoms with Crippen molar-refractivity contribution >= 4 is 15.9 Å². The summed E-state index contributed by atoms with van der Waals surface area (Å²) in [6, 6.07) is 6.03. The third-order valence-corrected chi connectivity index (χ3v) is 3.21. The molecule has 0 aliphatic rings. The van der Waals surface area contributed by atoms with Crippen LogP contribution in [0.25, 0.3) is 0 Å². The zero-order valence-electron chi connectivity index (χ0n) is 10.7. The molecule has 0 aliphatic heterocycles. The van der Waals surface area contributed by atoms with Crippen LogP contribution in [0.15, 0.2) is 22.7 Å². The largest absolute Gasteiger partial charge is 0.493 e. The summed E-state index contributed by atoms with van der Waals surface area (Å²) in [4.78, 5) is 0. The summed E-state index contributed by atoms with van der Waals surface area (Å²) in [7, 11) is 0. The number of unbranched alkanes of at least 4 members (excludes halogenated alkanes) is 3. The van der Waals surface area contributed by atoms with E-state index in [0.717, 1.165) is 28.8 Å². The maximum Gasteiger partial charge on any atom is 0.125 e. The van der Waals surface area contributed by atoms with E-state index in [4.69, 9.17) is 10.5 Å². The molecule has 0 aromatic heterocycles. The van der Waals surface area contributed by atoms with Crippen LogP contribution in [0.2, 0.25) is 0 Å². The second-order valence-corrected chi connectivity index (χ2v) is 5.30. The van der Waals surface area contributed by atoms with E-state index < -0.39 is 0 Å². The lowest BCUT2D eigenvalue weighted by molar-refractivity contribution is 0.300. The van der Waals surface area contributed by atoms with E-state index in [1.165, 1.54) is 19.3 Å². The minimum atomic E-state index is 0.00809. The van der Waals surface area contributed by atoms with Gasteiger partial charge < -0.3 is 10.5 Å². The second-order valence-electron chi connectivity index (χ2n) is 4.38. The monoisotopic (exact) mass is 299 g/mol. The molecule has 17 heavy (non-hydrogen) atoms. The van der Waals surface area contributed by atoms with Gasteiger partial charge in [0.1, 0.15) is 5.75 Å². The van der Waals surface area contributed by atoms with E-state index >= 15 is 0 Å². The van der Waals surface area contributed by atoms with Gasteiger partial charge in [0, 0.05) is 16.1 Å². The van der Waals surface area contributed by atoms with Crippen LogP contribution in [0.4, 0.5) is 0 Å². The van der Waals surface area contributed by atoms with Crippen LogP contribution in [0.5, 0.6) is 5.75 Å². The molecule has 0 saturated heterocycles. The van der Waals surface area contributed by atoms with Crippen molar-refractivity contribution in [2.75, 3.05) is 6.61 Å². The first-order valence-corrected chi connectivity index (χ1v) is 7.12. The number of nitrogens with two attached hydrogens (primary N) is 1. The molecule has 2 N–H and O–H groups in total. The fourth-order valence-corrected chi connectivity index (χ4v) is 2.06. The van der Waals surface area contributed by atoms with Gasteiger partial charge in [0.25, 0.3) is 0 Å². The number of rotatable bonds is 7. The zero-order valence-corrected chi connectivity index (χ0v) is 12.3. The Balaban J connectivity index is 2.53. The van der Waals surface area contributed by atoms with E-state index in [2.05, 4.69) is 22.9 Å². The highest BCUT2D eigenvalue weighted by Crippen LogP contribution is 2.27. The lowest BCUT2D eigenvalue weighted by atomic mass is 10.1. The molecule has 1 aromatic rings. The first kappa shape index (κ1) is 14.5. The predicted octanol–water partition coefficient (Wildman–Crippen LogP) is 4.43. The lowest BCUT2D eigenvalue weighted by Gasteiger charge is -2.14. The molecule has 2 nitrogen and oxygen atoms in total. The van der Waals surface area contributed by atoms with Crippen LogP contribution in [0, 0.1) is 0 Å². The molecule has 1 atom stereocenters. The van der Waals surface area contributed by atoms with E-state index in [0.29, 0.717) is 0 Å². The van der Waals surface area contributed by atoms with Crippen LogP contribution >= 0.6 is 15.9 Å². The fourth-order valence-electron chi connectivity index (χ4n) is 1.72. The van der Waals surface area contributed by atoms with Crippen molar-refractivity contribution in [3.8, 4) is 5.75 Å². The van der Waals surface area contributed by atoms with Crippen molar-refractivity contribution in [2.24, 2.45) is 5.73 Å². The summed E-state index contributed by atoms with van der Waals surface area (Å²) in [5.74, 6) is 0.908. The van der Waals surface area contributed by atoms with Crippen LogP contribution in [0.3, 0.4) is 0 Å². The molecule has 1 aromatic carbocycles. The molecule has 0 unspecified atom stereocenters. The average molecular weight is 300 g/mol. The topological polar surface area (TPSA) is 35.2 Å². The molecule has 0 radical (unpaired) electrons. The molecular weight excluding hydrogens is 278 g/mol. The van der Waals surface area contributed by atoms with Crippen LogP contribution in [-0.2, 0) is 0 Å². The summed E-state index contributed by atoms with van der Waals surface area (Å²) in [6.45, 7) is 4.97. The highest BCUT2D eigenvalue weighted by Gasteiger charge is 2.08. The Morgan fingerprint density at radius 2 is 2.06 bits per heavy atom. The quantitative estimate of drug-likeness (QED) is 0.756. The van der Waals surface area contributed by atoms with E-state index in [1.807, 2.05) is 25.1 Å². The van der Waals surface area contributed by atoms with Gasteiger partial charge in [-0.25, -0.2) is 0 Å². The molecule has 0 amide bonds. The Bertz CT molecular complexity index is 339. The van der Waals surface area contributed by atoms with Crippen molar-refractivity contribution in [3.63, 3.8) is 0 Å². The Morgan fingerprint density at radius 1 is 1.29 bits per heavy atom. The average Bonchev–Trinajstić information content (AvgIpc) is 2.28. The third kappa shape index (κ3) is 5.09. The lowest BCUT2D eigenvalue weighted by Crippen LogP contribution is -2.08. The summed E-state index contributed by atoms with van der Waals surface area (Å²) in [5, 5.41) is 0. The molecule has 0 saturated carbocycles. The zero-order chi connectivity index (χ0) is 12.7. The van der Waals surface area contributed by atoms with E-state index in [9.17, 15) is 0 Å². The minimum absolute atomic E-state index is 0.00809. The maximum atomic E-state index is 5.92. The molecule has 0 fully saturated rings. The van der Waals surface area contributed by atoms with Gasteiger partial charge >= 0.3 is 0 Å². The minimum Gasteiger partial charge on any atom is -0.493 e. The molecule has 3 heteroatoms. The van der Waals surface area contributed by atoms with Crippen LogP contribution in [-0.4, -0.2) is 6.61 Å². The molecule has 0 heterocycles. The highest BCUT2D eigenvalue weighted by molar-refractivity contribution is 9.10. The number of halogens is 1. The van der Waals surface area contributed by atoms with Crippen LogP contribution < -0.4 is 10.5 Å². The molecule has 0 spiro atoms. The van der Waals surface area contributed by atoms with Crippen molar-refractivity contribution in [3.05, 3.63) is 28.2 Å². The SMILES string of the molecule is CCCCCCOc1cc(Br)ccc1[C@H](C)N. The summed E-state index contributed by atoms with van der Waals surface area (Å²) < 4.78 is 6.85. The van der Waals surface area contributed by atoms with E-state index in [1.54, 1.807) is 0 Å². The summed E-state index contributed by atoms with van der Waals surface area (Å²) in [5.41, 5.74) is 6.99. The van der Waals surface area contributed by atoms with Crippen molar-refractivity contribution in [1.29, 1.82) is 0 Å². The number of hydrogen-bond acceptors (Lipinski definition) is 2. The Morgan fingerprint density at radius 3 is 2.71 bits per heavy atom. The summed E-state index contributed by atoms with van der Waals surface area (Å²) in [6.07, 6.45) is 4.88. The maximum absolute atomic E-state index is 5.92. The Hall–Kier alpha value is -0.540. The van der Waals surface area contributed by atoms with Gasteiger partial charge in [-0.15, -0.1) is 0 Å². The fraction of sp³-hybridized carbons (Fsp3) is 0.571. The first-order valence-electron chi connectivity index (χ1n) is 6.33. The Kier molecular flexibility index (Phi) is 6.60. The van der Waals surface area contributed by atoms with Gasteiger partial charge in [-0.05, 0) is 25.5 Å². The van der Waals surface area contributed by atoms with Crippen molar-refractivity contribution in [1.82, 2.24) is 0 Å². The molecule has 96 valence electrons. The van der Waals surface area contributed by atoms with Gasteiger partial charge in [0.2, 0.25) is 0 Å². The normalized spacial score (nSPS) is 12.5. The third-order valence-electron chi connectivity index (χ3n) is 2.72. The number of hydrogen-bond donors (Lipinski definition) is 1. The highest BCUT2D eigenvalue weighted by atomic mass is 79.9. The van der Waals surface area contributed by atoms with Gasteiger partial charge in [-0.1, -0.05) is 48.2 Å². The van der Waals surface area contributed by atoms with Gasteiger partial charge in [-0.2, -0.15) is 0 Å². The molecule has 0 bridgehead atoms. The molecule has 1 rings (SSSR count). The predicted molar refractivity (Wildman–Crippen MR) is 76.4 cm³/mol. The standard InChI is InChI=1S/C14H22BrNO/c1-3-4-5-6-9-17-14-10-12(15)7-8-13(14)11(2)16/h7-8,10-11H,3-6,9,16H2,1-2H3/t11-/m0/s1. The smallest absolute Gasteiger partial charge is 0.125 e. The van der Waals surface area contributed by atoms with Gasteiger partial charge in [0.05, 0.1) is 6.61 Å². The Labute approximate surface area is 113 Å². The summed E-state index contributed by atoms with van der Waals surface area (Å²) >= 11 is 3.46. The van der Waals surface area contributed by atoms with Crippen molar-refractivity contribution < 1.29 is 4.74 Å². The van der Waals surface area contributed by atoms with Gasteiger partial charge in [0.15, 0.2) is 0 Å². The second kappa shape index (κ2) is 7.72. The molecular formula is C14H22BrNO.